The number of hydrogen-bond donors (Lipinski definition) is 1. The smallest absolute Gasteiger partial charge is 0.318 e. The zero-order chi connectivity index (χ0) is 22.6. The first-order valence-electron chi connectivity index (χ1n) is 10.9. The second kappa shape index (κ2) is 10.2. The van der Waals surface area contributed by atoms with Gasteiger partial charge < -0.3 is 15.0 Å². The van der Waals surface area contributed by atoms with Gasteiger partial charge in [-0.15, -0.1) is 0 Å². The third-order valence-corrected chi connectivity index (χ3v) is 8.20. The molecular weight excluding hydrogens is 450 g/mol. The number of rotatable bonds is 6. The minimum atomic E-state index is -3.45. The number of morpholine rings is 1. The molecule has 2 aliphatic heterocycles. The predicted molar refractivity (Wildman–Crippen MR) is 124 cm³/mol. The Balaban J connectivity index is 1.43. The van der Waals surface area contributed by atoms with Crippen molar-refractivity contribution >= 4 is 27.7 Å². The van der Waals surface area contributed by atoms with E-state index >= 15 is 0 Å². The molecule has 7 nitrogen and oxygen atoms in total. The lowest BCUT2D eigenvalue weighted by Gasteiger charge is -2.27. The van der Waals surface area contributed by atoms with Crippen molar-refractivity contribution < 1.29 is 17.9 Å². The standard InChI is InChI=1S/C23H28ClN3O4S/c24-21-9-4-3-8-20(21)22-10-5-11-27(22)23(28)25-16-18-6-1-2-7-19(18)17-32(29,30)26-12-14-31-15-13-26/h1-4,6-9,22H,5,10-17H2,(H,25,28). The summed E-state index contributed by atoms with van der Waals surface area (Å²) in [5, 5.41) is 3.64. The number of ether oxygens (including phenoxy) is 1. The van der Waals surface area contributed by atoms with Crippen LogP contribution in [0.15, 0.2) is 48.5 Å². The Bertz CT molecular complexity index is 1060. The Morgan fingerprint density at radius 1 is 1.03 bits per heavy atom. The summed E-state index contributed by atoms with van der Waals surface area (Å²) < 4.78 is 32.4. The van der Waals surface area contributed by atoms with Crippen LogP contribution < -0.4 is 5.32 Å². The van der Waals surface area contributed by atoms with Gasteiger partial charge in [-0.25, -0.2) is 13.2 Å². The summed E-state index contributed by atoms with van der Waals surface area (Å²) in [6, 6.07) is 14.7. The lowest BCUT2D eigenvalue weighted by Crippen LogP contribution is -2.41. The van der Waals surface area contributed by atoms with E-state index in [2.05, 4.69) is 5.32 Å². The quantitative estimate of drug-likeness (QED) is 0.690. The SMILES string of the molecule is O=C(NCc1ccccc1CS(=O)(=O)N1CCOCC1)N1CCCC1c1ccccc1Cl. The number of carbonyl (C=O) groups excluding carboxylic acids is 1. The minimum absolute atomic E-state index is 0.0550. The van der Waals surface area contributed by atoms with E-state index in [0.29, 0.717) is 43.4 Å². The normalized spacial score (nSPS) is 19.8. The van der Waals surface area contributed by atoms with Crippen LogP contribution in [0.2, 0.25) is 5.02 Å². The molecule has 2 amide bonds. The summed E-state index contributed by atoms with van der Waals surface area (Å²) in [7, 11) is -3.45. The first-order valence-corrected chi connectivity index (χ1v) is 12.9. The number of amides is 2. The Hall–Kier alpha value is -2.13. The average molecular weight is 478 g/mol. The number of benzene rings is 2. The fourth-order valence-corrected chi connectivity index (χ4v) is 6.16. The Morgan fingerprint density at radius 2 is 1.72 bits per heavy atom. The fraction of sp³-hybridized carbons (Fsp3) is 0.435. The van der Waals surface area contributed by atoms with Crippen molar-refractivity contribution in [1.82, 2.24) is 14.5 Å². The number of nitrogens with zero attached hydrogens (tertiary/aromatic N) is 2. The molecule has 2 fully saturated rings. The molecule has 1 atom stereocenters. The second-order valence-electron chi connectivity index (χ2n) is 8.07. The predicted octanol–water partition coefficient (Wildman–Crippen LogP) is 3.55. The summed E-state index contributed by atoms with van der Waals surface area (Å²) in [6.07, 6.45) is 1.78. The van der Waals surface area contributed by atoms with Crippen LogP contribution in [-0.4, -0.2) is 56.5 Å². The van der Waals surface area contributed by atoms with Crippen molar-refractivity contribution in [3.8, 4) is 0 Å². The van der Waals surface area contributed by atoms with Gasteiger partial charge in [-0.1, -0.05) is 54.1 Å². The number of carbonyl (C=O) groups is 1. The molecule has 0 saturated carbocycles. The molecule has 9 heteroatoms. The average Bonchev–Trinajstić information content (AvgIpc) is 3.29. The van der Waals surface area contributed by atoms with Crippen molar-refractivity contribution in [2.45, 2.75) is 31.2 Å². The summed E-state index contributed by atoms with van der Waals surface area (Å²) >= 11 is 6.37. The minimum Gasteiger partial charge on any atom is -0.379 e. The Morgan fingerprint density at radius 3 is 2.47 bits per heavy atom. The lowest BCUT2D eigenvalue weighted by molar-refractivity contribution is 0.0729. The topological polar surface area (TPSA) is 79.0 Å². The van der Waals surface area contributed by atoms with Gasteiger partial charge in [-0.05, 0) is 35.6 Å². The van der Waals surface area contributed by atoms with E-state index in [4.69, 9.17) is 16.3 Å². The molecule has 2 aromatic rings. The third-order valence-electron chi connectivity index (χ3n) is 6.03. The number of likely N-dealkylation sites (tertiary alicyclic amines) is 1. The van der Waals surface area contributed by atoms with Crippen molar-refractivity contribution in [3.05, 3.63) is 70.2 Å². The molecule has 0 aromatic heterocycles. The molecule has 2 aromatic carbocycles. The van der Waals surface area contributed by atoms with Crippen molar-refractivity contribution in [1.29, 1.82) is 0 Å². The van der Waals surface area contributed by atoms with Crippen LogP contribution in [-0.2, 0) is 27.1 Å². The van der Waals surface area contributed by atoms with Crippen molar-refractivity contribution in [2.24, 2.45) is 0 Å². The molecule has 2 heterocycles. The number of sulfonamides is 1. The molecule has 32 heavy (non-hydrogen) atoms. The van der Waals surface area contributed by atoms with Gasteiger partial charge in [0.1, 0.15) is 0 Å². The molecule has 1 unspecified atom stereocenters. The van der Waals surface area contributed by atoms with Crippen molar-refractivity contribution in [2.75, 3.05) is 32.8 Å². The molecule has 2 saturated heterocycles. The van der Waals surface area contributed by atoms with Gasteiger partial charge >= 0.3 is 6.03 Å². The number of halogens is 1. The summed E-state index contributed by atoms with van der Waals surface area (Å²) in [4.78, 5) is 14.8. The zero-order valence-corrected chi connectivity index (χ0v) is 19.4. The van der Waals surface area contributed by atoms with Crippen LogP contribution in [0.4, 0.5) is 4.79 Å². The molecule has 0 aliphatic carbocycles. The van der Waals surface area contributed by atoms with E-state index in [0.717, 1.165) is 24.0 Å². The van der Waals surface area contributed by atoms with Gasteiger partial charge in [0.15, 0.2) is 0 Å². The van der Waals surface area contributed by atoms with E-state index < -0.39 is 10.0 Å². The van der Waals surface area contributed by atoms with E-state index in [1.807, 2.05) is 53.4 Å². The summed E-state index contributed by atoms with van der Waals surface area (Å²) in [6.45, 7) is 2.51. The molecular formula is C23H28ClN3O4S. The first-order chi connectivity index (χ1) is 15.5. The summed E-state index contributed by atoms with van der Waals surface area (Å²) in [5.41, 5.74) is 2.45. The zero-order valence-electron chi connectivity index (χ0n) is 17.9. The van der Waals surface area contributed by atoms with Gasteiger partial charge in [0, 0.05) is 31.2 Å². The molecule has 172 valence electrons. The van der Waals surface area contributed by atoms with Gasteiger partial charge in [0.05, 0.1) is 25.0 Å². The third kappa shape index (κ3) is 5.26. The van der Waals surface area contributed by atoms with Crippen LogP contribution in [0.25, 0.3) is 0 Å². The molecule has 0 bridgehead atoms. The number of urea groups is 1. The van der Waals surface area contributed by atoms with Crippen LogP contribution in [0.3, 0.4) is 0 Å². The maximum absolute atomic E-state index is 13.0. The molecule has 4 rings (SSSR count). The van der Waals surface area contributed by atoms with E-state index in [1.165, 1.54) is 4.31 Å². The number of nitrogens with one attached hydrogen (secondary N) is 1. The van der Waals surface area contributed by atoms with Crippen LogP contribution in [0.1, 0.15) is 35.6 Å². The maximum Gasteiger partial charge on any atom is 0.318 e. The van der Waals surface area contributed by atoms with Gasteiger partial charge in [0.25, 0.3) is 0 Å². The van der Waals surface area contributed by atoms with Gasteiger partial charge in [-0.3, -0.25) is 0 Å². The van der Waals surface area contributed by atoms with Gasteiger partial charge in [-0.2, -0.15) is 4.31 Å². The second-order valence-corrected chi connectivity index (χ2v) is 10.4. The van der Waals surface area contributed by atoms with Crippen LogP contribution >= 0.6 is 11.6 Å². The van der Waals surface area contributed by atoms with Crippen molar-refractivity contribution in [3.63, 3.8) is 0 Å². The highest BCUT2D eigenvalue weighted by Crippen LogP contribution is 2.35. The monoisotopic (exact) mass is 477 g/mol. The largest absolute Gasteiger partial charge is 0.379 e. The van der Waals surface area contributed by atoms with Crippen LogP contribution in [0, 0.1) is 0 Å². The molecule has 1 N–H and O–H groups in total. The first kappa shape index (κ1) is 23.0. The highest BCUT2D eigenvalue weighted by atomic mass is 35.5. The summed E-state index contributed by atoms with van der Waals surface area (Å²) in [5.74, 6) is -0.0923. The molecule has 0 radical (unpaired) electrons. The highest BCUT2D eigenvalue weighted by molar-refractivity contribution is 7.88. The number of hydrogen-bond acceptors (Lipinski definition) is 4. The van der Waals surface area contributed by atoms with Crippen LogP contribution in [0.5, 0.6) is 0 Å². The van der Waals surface area contributed by atoms with Gasteiger partial charge in [0.2, 0.25) is 10.0 Å². The van der Waals surface area contributed by atoms with E-state index in [-0.39, 0.29) is 24.4 Å². The fourth-order valence-electron chi connectivity index (χ4n) is 4.33. The Labute approximate surface area is 194 Å². The van der Waals surface area contributed by atoms with E-state index in [9.17, 15) is 13.2 Å². The highest BCUT2D eigenvalue weighted by Gasteiger charge is 2.31. The van der Waals surface area contributed by atoms with E-state index in [1.54, 1.807) is 0 Å². The molecule has 0 spiro atoms. The molecule has 2 aliphatic rings. The maximum atomic E-state index is 13.0. The lowest BCUT2D eigenvalue weighted by atomic mass is 10.0. The Kier molecular flexibility index (Phi) is 7.35.